The Balaban J connectivity index is 0.000000424. The molecule has 1 aliphatic rings. The van der Waals surface area contributed by atoms with Crippen LogP contribution in [-0.2, 0) is 0 Å². The lowest BCUT2D eigenvalue weighted by molar-refractivity contribution is 0.183. The Morgan fingerprint density at radius 1 is 0.923 bits per heavy atom. The van der Waals surface area contributed by atoms with Crippen LogP contribution in [-0.4, -0.2) is 26.3 Å². The number of hydrogen-bond donors (Lipinski definition) is 1. The minimum atomic E-state index is 0.363. The lowest BCUT2D eigenvalue weighted by Crippen LogP contribution is -2.55. The predicted octanol–water partition coefficient (Wildman–Crippen LogP) is 3.10. The van der Waals surface area contributed by atoms with E-state index < -0.39 is 0 Å². The van der Waals surface area contributed by atoms with Crippen molar-refractivity contribution in [1.82, 2.24) is 5.32 Å². The summed E-state index contributed by atoms with van der Waals surface area (Å²) in [4.78, 5) is 0. The summed E-state index contributed by atoms with van der Waals surface area (Å²) in [5, 5.41) is 3.63. The maximum Gasteiger partial charge on any atom is 0.191 e. The Bertz CT molecular complexity index is 127. The molecule has 0 bridgehead atoms. The second kappa shape index (κ2) is 5.39. The average molecular weight is 198 g/mol. The van der Waals surface area contributed by atoms with Gasteiger partial charge in [0, 0.05) is 11.1 Å². The highest BCUT2D eigenvalue weighted by atomic mass is 27.1. The van der Waals surface area contributed by atoms with Crippen LogP contribution in [0.4, 0.5) is 0 Å². The molecule has 2 heteroatoms. The van der Waals surface area contributed by atoms with Crippen LogP contribution in [0.1, 0.15) is 47.0 Å². The van der Waals surface area contributed by atoms with Gasteiger partial charge in [-0.2, -0.15) is 0 Å². The van der Waals surface area contributed by atoms with Gasteiger partial charge in [-0.15, -0.1) is 11.6 Å². The summed E-state index contributed by atoms with van der Waals surface area (Å²) in [5.41, 5.74) is 0.726. The first-order chi connectivity index (χ1) is 5.83. The first kappa shape index (κ1) is 13.5. The summed E-state index contributed by atoms with van der Waals surface area (Å²) >= 11 is 0.750. The monoisotopic (exact) mass is 198 g/mol. The zero-order valence-electron chi connectivity index (χ0n) is 10.2. The van der Waals surface area contributed by atoms with E-state index in [9.17, 15) is 0 Å². The third-order valence-electron chi connectivity index (χ3n) is 2.28. The van der Waals surface area contributed by atoms with Crippen LogP contribution in [0.2, 0.25) is 11.6 Å². The van der Waals surface area contributed by atoms with E-state index >= 15 is 0 Å². The zero-order chi connectivity index (χ0) is 10.5. The number of piperidine rings is 1. The van der Waals surface area contributed by atoms with E-state index in [2.05, 4.69) is 44.6 Å². The van der Waals surface area contributed by atoms with Crippen LogP contribution in [0, 0.1) is 0 Å². The highest BCUT2D eigenvalue weighted by molar-refractivity contribution is 6.31. The van der Waals surface area contributed by atoms with Gasteiger partial charge in [0.15, 0.2) is 15.2 Å². The molecule has 1 heterocycles. The summed E-state index contributed by atoms with van der Waals surface area (Å²) in [7, 11) is 0. The largest absolute Gasteiger partial charge is 0.307 e. The van der Waals surface area contributed by atoms with Gasteiger partial charge in [0.1, 0.15) is 0 Å². The average Bonchev–Trinajstić information content (AvgIpc) is 1.82. The van der Waals surface area contributed by atoms with Gasteiger partial charge in [0.2, 0.25) is 0 Å². The standard InChI is InChI=1S/C9H19N.2CH3.Al/c1-8(2)6-5-7-9(3,4)10-8;;;/h10H,5-7H2,1-4H3;2*1H3;. The van der Waals surface area contributed by atoms with Gasteiger partial charge in [-0.3, -0.25) is 0 Å². The van der Waals surface area contributed by atoms with Crippen molar-refractivity contribution in [2.45, 2.75) is 69.6 Å². The SMILES string of the molecule is CC1(C)CCCC(C)(C)N1.[CH3][Al][CH3]. The molecule has 1 saturated heterocycles. The van der Waals surface area contributed by atoms with Crippen molar-refractivity contribution in [1.29, 1.82) is 0 Å². The molecule has 0 aromatic heterocycles. The fourth-order valence-corrected chi connectivity index (χ4v) is 2.01. The van der Waals surface area contributed by atoms with Gasteiger partial charge in [-0.25, -0.2) is 0 Å². The van der Waals surface area contributed by atoms with Crippen molar-refractivity contribution in [2.24, 2.45) is 0 Å². The predicted molar refractivity (Wildman–Crippen MR) is 62.6 cm³/mol. The molecule has 1 nitrogen and oxygen atoms in total. The smallest absolute Gasteiger partial charge is 0.191 e. The van der Waals surface area contributed by atoms with Gasteiger partial charge in [-0.1, -0.05) is 0 Å². The fraction of sp³-hybridized carbons (Fsp3) is 1.00. The Morgan fingerprint density at radius 3 is 1.38 bits per heavy atom. The normalized spacial score (nSPS) is 24.2. The molecule has 0 aromatic carbocycles. The van der Waals surface area contributed by atoms with Crippen LogP contribution >= 0.6 is 0 Å². The summed E-state index contributed by atoms with van der Waals surface area (Å²) in [6.07, 6.45) is 4.00. The number of rotatable bonds is 0. The van der Waals surface area contributed by atoms with E-state index in [1.54, 1.807) is 0 Å². The third-order valence-corrected chi connectivity index (χ3v) is 2.28. The van der Waals surface area contributed by atoms with Gasteiger partial charge < -0.3 is 5.32 Å². The molecule has 1 rings (SSSR count). The topological polar surface area (TPSA) is 12.0 Å². The Kier molecular flexibility index (Phi) is 5.60. The lowest BCUT2D eigenvalue weighted by Gasteiger charge is -2.42. The lowest BCUT2D eigenvalue weighted by atomic mass is 9.83. The molecule has 1 aliphatic heterocycles. The molecule has 0 unspecified atom stereocenters. The van der Waals surface area contributed by atoms with Crippen LogP contribution in [0.25, 0.3) is 0 Å². The van der Waals surface area contributed by atoms with Crippen LogP contribution < -0.4 is 5.32 Å². The van der Waals surface area contributed by atoms with Gasteiger partial charge in [0.25, 0.3) is 0 Å². The van der Waals surface area contributed by atoms with E-state index in [1.807, 2.05) is 0 Å². The van der Waals surface area contributed by atoms with Crippen molar-refractivity contribution in [3.05, 3.63) is 0 Å². The molecule has 0 amide bonds. The molecule has 1 radical (unpaired) electrons. The third kappa shape index (κ3) is 6.55. The Labute approximate surface area is 90.4 Å². The summed E-state index contributed by atoms with van der Waals surface area (Å²) in [6.45, 7) is 9.14. The zero-order valence-corrected chi connectivity index (χ0v) is 11.4. The van der Waals surface area contributed by atoms with Crippen LogP contribution in [0.15, 0.2) is 0 Å². The Morgan fingerprint density at radius 2 is 1.23 bits per heavy atom. The van der Waals surface area contributed by atoms with Gasteiger partial charge in [0.05, 0.1) is 0 Å². The summed E-state index contributed by atoms with van der Waals surface area (Å²) < 4.78 is 0. The number of hydrogen-bond acceptors (Lipinski definition) is 1. The van der Waals surface area contributed by atoms with E-state index in [1.165, 1.54) is 19.3 Å². The second-order valence-electron chi connectivity index (χ2n) is 5.32. The first-order valence-corrected chi connectivity index (χ1v) is 7.67. The molecule has 1 fully saturated rings. The molecular weight excluding hydrogens is 173 g/mol. The molecule has 1 N–H and O–H groups in total. The van der Waals surface area contributed by atoms with Crippen molar-refractivity contribution in [3.8, 4) is 0 Å². The number of nitrogens with one attached hydrogen (secondary N) is 1. The maximum atomic E-state index is 3.63. The minimum Gasteiger partial charge on any atom is -0.307 e. The van der Waals surface area contributed by atoms with Crippen molar-refractivity contribution in [3.63, 3.8) is 0 Å². The van der Waals surface area contributed by atoms with E-state index in [0.29, 0.717) is 11.1 Å². The highest BCUT2D eigenvalue weighted by Gasteiger charge is 2.31. The van der Waals surface area contributed by atoms with E-state index in [-0.39, 0.29) is 0 Å². The molecule has 13 heavy (non-hydrogen) atoms. The molecule has 0 aliphatic carbocycles. The van der Waals surface area contributed by atoms with Crippen LogP contribution in [0.3, 0.4) is 0 Å². The summed E-state index contributed by atoms with van der Waals surface area (Å²) in [5.74, 6) is 4.42. The van der Waals surface area contributed by atoms with Gasteiger partial charge >= 0.3 is 0 Å². The molecular formula is C11H25AlN. The van der Waals surface area contributed by atoms with Gasteiger partial charge in [-0.05, 0) is 47.0 Å². The summed E-state index contributed by atoms with van der Waals surface area (Å²) in [6, 6.07) is 0. The van der Waals surface area contributed by atoms with Crippen molar-refractivity contribution >= 4 is 15.2 Å². The molecule has 77 valence electrons. The maximum absolute atomic E-state index is 3.63. The molecule has 0 spiro atoms. The molecule has 0 atom stereocenters. The van der Waals surface area contributed by atoms with E-state index in [4.69, 9.17) is 0 Å². The first-order valence-electron chi connectivity index (χ1n) is 5.36. The minimum absolute atomic E-state index is 0.363. The fourth-order valence-electron chi connectivity index (χ4n) is 2.01. The van der Waals surface area contributed by atoms with Crippen molar-refractivity contribution in [2.75, 3.05) is 0 Å². The molecule has 0 aromatic rings. The highest BCUT2D eigenvalue weighted by Crippen LogP contribution is 2.27. The van der Waals surface area contributed by atoms with E-state index in [0.717, 1.165) is 15.2 Å². The quantitative estimate of drug-likeness (QED) is 0.590. The Hall–Kier alpha value is 0.492. The van der Waals surface area contributed by atoms with Crippen molar-refractivity contribution < 1.29 is 0 Å². The second-order valence-corrected chi connectivity index (χ2v) is 6.48. The molecule has 0 saturated carbocycles. The van der Waals surface area contributed by atoms with Crippen LogP contribution in [0.5, 0.6) is 0 Å².